The summed E-state index contributed by atoms with van der Waals surface area (Å²) in [6.45, 7) is 6.42. The van der Waals surface area contributed by atoms with Crippen LogP contribution in [0.4, 0.5) is 11.9 Å². The van der Waals surface area contributed by atoms with Gasteiger partial charge in [0.2, 0.25) is 11.9 Å². The van der Waals surface area contributed by atoms with Crippen LogP contribution in [0.2, 0.25) is 0 Å². The summed E-state index contributed by atoms with van der Waals surface area (Å²) in [5.74, 6) is 6.19. The molecule has 118 valence electrons. The molecule has 1 aliphatic rings. The van der Waals surface area contributed by atoms with Crippen LogP contribution in [0.3, 0.4) is 0 Å². The highest BCUT2D eigenvalue weighted by Crippen LogP contribution is 2.15. The minimum absolute atomic E-state index is 0.236. The zero-order valence-corrected chi connectivity index (χ0v) is 12.2. The van der Waals surface area contributed by atoms with Gasteiger partial charge in [-0.15, -0.1) is 0 Å². The molecule has 2 heterocycles. The summed E-state index contributed by atoms with van der Waals surface area (Å²) in [5, 5.41) is 0. The first-order valence-corrected chi connectivity index (χ1v) is 7.09. The molecule has 1 aromatic heterocycles. The molecule has 0 spiro atoms. The van der Waals surface area contributed by atoms with E-state index in [9.17, 15) is 0 Å². The number of nitrogens with two attached hydrogens (primary N) is 1. The normalized spacial score (nSPS) is 15.0. The Hall–Kier alpha value is -1.71. The molecule has 2 rings (SSSR count). The van der Waals surface area contributed by atoms with Crippen molar-refractivity contribution in [2.45, 2.75) is 13.3 Å². The van der Waals surface area contributed by atoms with E-state index in [2.05, 4.69) is 27.3 Å². The minimum atomic E-state index is 0.236. The van der Waals surface area contributed by atoms with Crippen molar-refractivity contribution < 1.29 is 14.2 Å². The number of aromatic nitrogens is 3. The highest BCUT2D eigenvalue weighted by Gasteiger charge is 2.16. The zero-order chi connectivity index (χ0) is 14.9. The van der Waals surface area contributed by atoms with Gasteiger partial charge in [-0.2, -0.15) is 15.0 Å². The first-order valence-electron chi connectivity index (χ1n) is 7.09. The Morgan fingerprint density at radius 3 is 2.71 bits per heavy atom. The van der Waals surface area contributed by atoms with Crippen molar-refractivity contribution in [2.75, 3.05) is 56.4 Å². The average Bonchev–Trinajstić information content (AvgIpc) is 2.55. The molecule has 0 aromatic carbocycles. The van der Waals surface area contributed by atoms with Crippen LogP contribution in [0.25, 0.3) is 0 Å². The number of nitrogen functional groups attached to an aromatic ring is 1. The van der Waals surface area contributed by atoms with Gasteiger partial charge in [0.1, 0.15) is 6.61 Å². The van der Waals surface area contributed by atoms with E-state index in [4.69, 9.17) is 20.1 Å². The lowest BCUT2D eigenvalue weighted by molar-refractivity contribution is 0.0970. The SMILES string of the molecule is CCCOCCOc1nc(NN)nc(N2CCOCC2)n1. The maximum absolute atomic E-state index is 5.49. The number of hydrogen-bond acceptors (Lipinski definition) is 9. The fraction of sp³-hybridized carbons (Fsp3) is 0.750. The van der Waals surface area contributed by atoms with Gasteiger partial charge < -0.3 is 19.1 Å². The van der Waals surface area contributed by atoms with Gasteiger partial charge in [0.05, 0.1) is 19.8 Å². The number of hydrazine groups is 1. The molecule has 0 bridgehead atoms. The van der Waals surface area contributed by atoms with Crippen LogP contribution in [-0.2, 0) is 9.47 Å². The summed E-state index contributed by atoms with van der Waals surface area (Å²) in [6, 6.07) is 0.236. The van der Waals surface area contributed by atoms with Crippen LogP contribution in [-0.4, -0.2) is 61.1 Å². The van der Waals surface area contributed by atoms with Crippen LogP contribution in [0.15, 0.2) is 0 Å². The number of hydrogen-bond donors (Lipinski definition) is 2. The van der Waals surface area contributed by atoms with Crippen molar-refractivity contribution >= 4 is 11.9 Å². The van der Waals surface area contributed by atoms with Gasteiger partial charge in [0, 0.05) is 19.7 Å². The van der Waals surface area contributed by atoms with Crippen molar-refractivity contribution in [3.05, 3.63) is 0 Å². The summed E-state index contributed by atoms with van der Waals surface area (Å²) in [6.07, 6.45) is 0.980. The molecular weight excluding hydrogens is 276 g/mol. The van der Waals surface area contributed by atoms with Gasteiger partial charge in [-0.3, -0.25) is 5.43 Å². The lowest BCUT2D eigenvalue weighted by atomic mass is 10.4. The molecule has 3 N–H and O–H groups in total. The van der Waals surface area contributed by atoms with Crippen molar-refractivity contribution in [2.24, 2.45) is 5.84 Å². The van der Waals surface area contributed by atoms with Gasteiger partial charge in [-0.25, -0.2) is 5.84 Å². The Balaban J connectivity index is 1.96. The fourth-order valence-electron chi connectivity index (χ4n) is 1.82. The number of nitrogens with one attached hydrogen (secondary N) is 1. The number of ether oxygens (including phenoxy) is 3. The van der Waals surface area contributed by atoms with Gasteiger partial charge in [0.15, 0.2) is 0 Å². The Kier molecular flexibility index (Phi) is 6.38. The predicted molar refractivity (Wildman–Crippen MR) is 77.3 cm³/mol. The lowest BCUT2D eigenvalue weighted by Crippen LogP contribution is -2.37. The maximum atomic E-state index is 5.49. The van der Waals surface area contributed by atoms with E-state index in [0.29, 0.717) is 32.4 Å². The fourth-order valence-corrected chi connectivity index (χ4v) is 1.82. The van der Waals surface area contributed by atoms with E-state index in [1.54, 1.807) is 0 Å². The van der Waals surface area contributed by atoms with E-state index in [-0.39, 0.29) is 12.0 Å². The molecule has 9 heteroatoms. The van der Waals surface area contributed by atoms with Crippen LogP contribution >= 0.6 is 0 Å². The second kappa shape index (κ2) is 8.55. The van der Waals surface area contributed by atoms with Crippen LogP contribution in [0.1, 0.15) is 13.3 Å². The quantitative estimate of drug-likeness (QED) is 0.383. The van der Waals surface area contributed by atoms with Gasteiger partial charge in [-0.05, 0) is 6.42 Å². The minimum Gasteiger partial charge on any atom is -0.461 e. The van der Waals surface area contributed by atoms with Crippen molar-refractivity contribution in [1.29, 1.82) is 0 Å². The molecule has 1 aliphatic heterocycles. The van der Waals surface area contributed by atoms with Crippen LogP contribution in [0.5, 0.6) is 6.01 Å². The van der Waals surface area contributed by atoms with E-state index < -0.39 is 0 Å². The standard InChI is InChI=1S/C12H22N6O3/c1-2-5-19-8-9-21-12-15-10(17-13)14-11(16-12)18-3-6-20-7-4-18/h2-9,13H2,1H3,(H,14,15,16,17). The van der Waals surface area contributed by atoms with E-state index in [0.717, 1.165) is 26.1 Å². The van der Waals surface area contributed by atoms with E-state index >= 15 is 0 Å². The second-order valence-electron chi connectivity index (χ2n) is 4.45. The number of morpholine rings is 1. The molecule has 0 unspecified atom stereocenters. The topological polar surface area (TPSA) is 108 Å². The molecule has 0 aliphatic carbocycles. The molecule has 0 amide bonds. The summed E-state index contributed by atoms with van der Waals surface area (Å²) < 4.78 is 16.1. The summed E-state index contributed by atoms with van der Waals surface area (Å²) in [4.78, 5) is 14.6. The molecule has 1 aromatic rings. The largest absolute Gasteiger partial charge is 0.461 e. The Bertz CT molecular complexity index is 427. The smallest absolute Gasteiger partial charge is 0.323 e. The third kappa shape index (κ3) is 4.96. The molecule has 0 radical (unpaired) electrons. The molecule has 0 atom stereocenters. The number of nitrogens with zero attached hydrogens (tertiary/aromatic N) is 4. The first kappa shape index (κ1) is 15.7. The zero-order valence-electron chi connectivity index (χ0n) is 12.2. The van der Waals surface area contributed by atoms with Gasteiger partial charge in [0.25, 0.3) is 0 Å². The Morgan fingerprint density at radius 2 is 2.00 bits per heavy atom. The highest BCUT2D eigenvalue weighted by molar-refractivity contribution is 5.37. The number of anilines is 2. The second-order valence-corrected chi connectivity index (χ2v) is 4.45. The predicted octanol–water partition coefficient (Wildman–Crippen LogP) is -0.201. The monoisotopic (exact) mass is 298 g/mol. The molecular formula is C12H22N6O3. The Morgan fingerprint density at radius 1 is 1.19 bits per heavy atom. The summed E-state index contributed by atoms with van der Waals surface area (Å²) >= 11 is 0. The van der Waals surface area contributed by atoms with Crippen LogP contribution < -0.4 is 20.9 Å². The molecule has 0 saturated carbocycles. The molecule has 21 heavy (non-hydrogen) atoms. The Labute approximate surface area is 123 Å². The summed E-state index contributed by atoms with van der Waals surface area (Å²) in [5.41, 5.74) is 2.43. The summed E-state index contributed by atoms with van der Waals surface area (Å²) in [7, 11) is 0. The molecule has 1 saturated heterocycles. The maximum Gasteiger partial charge on any atom is 0.323 e. The molecule has 9 nitrogen and oxygen atoms in total. The van der Waals surface area contributed by atoms with Crippen molar-refractivity contribution in [1.82, 2.24) is 15.0 Å². The van der Waals surface area contributed by atoms with Crippen molar-refractivity contribution in [3.8, 4) is 6.01 Å². The van der Waals surface area contributed by atoms with E-state index in [1.165, 1.54) is 0 Å². The van der Waals surface area contributed by atoms with Gasteiger partial charge >= 0.3 is 6.01 Å². The average molecular weight is 298 g/mol. The van der Waals surface area contributed by atoms with Gasteiger partial charge in [-0.1, -0.05) is 6.92 Å². The molecule has 1 fully saturated rings. The van der Waals surface area contributed by atoms with Crippen molar-refractivity contribution in [3.63, 3.8) is 0 Å². The third-order valence-corrected chi connectivity index (χ3v) is 2.83. The number of rotatable bonds is 8. The lowest BCUT2D eigenvalue weighted by Gasteiger charge is -2.26. The highest BCUT2D eigenvalue weighted by atomic mass is 16.5. The third-order valence-electron chi connectivity index (χ3n) is 2.83. The van der Waals surface area contributed by atoms with E-state index in [1.807, 2.05) is 4.90 Å². The van der Waals surface area contributed by atoms with Crippen LogP contribution in [0, 0.1) is 0 Å². The first-order chi connectivity index (χ1) is 10.3.